The third kappa shape index (κ3) is 33.2. The molecule has 0 aliphatic carbocycles. The van der Waals surface area contributed by atoms with E-state index in [9.17, 15) is 4.79 Å². The lowest BCUT2D eigenvalue weighted by molar-refractivity contribution is -0.143. The van der Waals surface area contributed by atoms with E-state index in [1.54, 1.807) is 0 Å². The van der Waals surface area contributed by atoms with Gasteiger partial charge in [0.2, 0.25) is 0 Å². The highest BCUT2D eigenvalue weighted by atomic mass is 16.5. The Balaban J connectivity index is 3.17. The summed E-state index contributed by atoms with van der Waals surface area (Å²) in [5.74, 6) is 0.0229. The summed E-state index contributed by atoms with van der Waals surface area (Å²) in [4.78, 5) is 11.9. The van der Waals surface area contributed by atoms with Crippen LogP contribution in [-0.2, 0) is 9.53 Å². The monoisotopic (exact) mass is 535 g/mol. The van der Waals surface area contributed by atoms with E-state index in [0.717, 1.165) is 12.8 Å². The van der Waals surface area contributed by atoms with E-state index >= 15 is 0 Å². The normalized spacial score (nSPS) is 11.5. The first kappa shape index (κ1) is 37.2. The molecule has 0 aromatic heterocycles. The standard InChI is InChI=1S/C36H70O2/c1-3-5-7-9-11-13-15-17-19-20-21-22-24-26-28-30-32-34-36(37)38-35-33-31-29-27-25-23-18-16-14-12-10-8-6-4-2/h13,15H,3-12,14,16-35H2,1-2H3. The second-order valence-electron chi connectivity index (χ2n) is 11.9. The van der Waals surface area contributed by atoms with E-state index in [-0.39, 0.29) is 5.97 Å². The van der Waals surface area contributed by atoms with Crippen LogP contribution in [0.15, 0.2) is 12.2 Å². The Hall–Kier alpha value is -0.790. The Morgan fingerprint density at radius 2 is 0.737 bits per heavy atom. The van der Waals surface area contributed by atoms with Gasteiger partial charge >= 0.3 is 5.97 Å². The maximum atomic E-state index is 11.9. The van der Waals surface area contributed by atoms with Gasteiger partial charge in [0.05, 0.1) is 6.61 Å². The Morgan fingerprint density at radius 1 is 0.421 bits per heavy atom. The summed E-state index contributed by atoms with van der Waals surface area (Å²) >= 11 is 0. The molecule has 0 unspecified atom stereocenters. The molecule has 0 fully saturated rings. The molecule has 0 aromatic rings. The fourth-order valence-corrected chi connectivity index (χ4v) is 5.25. The molecule has 0 aliphatic rings. The lowest BCUT2D eigenvalue weighted by Crippen LogP contribution is -2.05. The molecule has 0 saturated carbocycles. The third-order valence-corrected chi connectivity index (χ3v) is 7.90. The Bertz CT molecular complexity index is 470. The lowest BCUT2D eigenvalue weighted by atomic mass is 10.0. The van der Waals surface area contributed by atoms with Crippen molar-refractivity contribution in [2.24, 2.45) is 0 Å². The predicted molar refractivity (Wildman–Crippen MR) is 170 cm³/mol. The van der Waals surface area contributed by atoms with Gasteiger partial charge < -0.3 is 4.74 Å². The zero-order chi connectivity index (χ0) is 27.6. The highest BCUT2D eigenvalue weighted by Gasteiger charge is 2.02. The summed E-state index contributed by atoms with van der Waals surface area (Å²) in [6.07, 6.45) is 44.1. The largest absolute Gasteiger partial charge is 0.466 e. The Morgan fingerprint density at radius 3 is 1.16 bits per heavy atom. The molecule has 2 nitrogen and oxygen atoms in total. The van der Waals surface area contributed by atoms with Crippen LogP contribution in [0.25, 0.3) is 0 Å². The highest BCUT2D eigenvalue weighted by molar-refractivity contribution is 5.69. The molecule has 2 heteroatoms. The van der Waals surface area contributed by atoms with Crippen LogP contribution in [0.5, 0.6) is 0 Å². The second kappa shape index (κ2) is 34.2. The number of hydrogen-bond donors (Lipinski definition) is 0. The van der Waals surface area contributed by atoms with Crippen molar-refractivity contribution in [2.75, 3.05) is 6.61 Å². The first-order chi connectivity index (χ1) is 18.8. The molecule has 0 heterocycles. The Labute approximate surface area is 240 Å². The average Bonchev–Trinajstić information content (AvgIpc) is 2.92. The van der Waals surface area contributed by atoms with Crippen LogP contribution in [0.1, 0.15) is 206 Å². The van der Waals surface area contributed by atoms with E-state index in [2.05, 4.69) is 26.0 Å². The quantitative estimate of drug-likeness (QED) is 0.0487. The fourth-order valence-electron chi connectivity index (χ4n) is 5.25. The van der Waals surface area contributed by atoms with Crippen molar-refractivity contribution in [3.8, 4) is 0 Å². The van der Waals surface area contributed by atoms with E-state index in [1.807, 2.05) is 0 Å². The van der Waals surface area contributed by atoms with Crippen LogP contribution in [0.4, 0.5) is 0 Å². The summed E-state index contributed by atoms with van der Waals surface area (Å²) in [5.41, 5.74) is 0. The van der Waals surface area contributed by atoms with Crippen LogP contribution >= 0.6 is 0 Å². The molecule has 0 radical (unpaired) electrons. The van der Waals surface area contributed by atoms with E-state index in [4.69, 9.17) is 4.74 Å². The summed E-state index contributed by atoms with van der Waals surface area (Å²) in [6, 6.07) is 0. The first-order valence-electron chi connectivity index (χ1n) is 17.6. The molecule has 0 spiro atoms. The van der Waals surface area contributed by atoms with Gasteiger partial charge in [-0.25, -0.2) is 0 Å². The topological polar surface area (TPSA) is 26.3 Å². The number of hydrogen-bond acceptors (Lipinski definition) is 2. The van der Waals surface area contributed by atoms with Crippen LogP contribution in [0.3, 0.4) is 0 Å². The molecule has 0 bridgehead atoms. The van der Waals surface area contributed by atoms with Gasteiger partial charge in [-0.15, -0.1) is 0 Å². The van der Waals surface area contributed by atoms with Gasteiger partial charge in [-0.2, -0.15) is 0 Å². The summed E-state index contributed by atoms with van der Waals surface area (Å²) in [6.45, 7) is 5.19. The number of ether oxygens (including phenoxy) is 1. The zero-order valence-electron chi connectivity index (χ0n) is 26.4. The molecular weight excluding hydrogens is 464 g/mol. The molecule has 0 N–H and O–H groups in total. The minimum Gasteiger partial charge on any atom is -0.466 e. The number of carbonyl (C=O) groups excluding carboxylic acids is 1. The molecule has 0 aliphatic heterocycles. The number of carbonyl (C=O) groups is 1. The fraction of sp³-hybridized carbons (Fsp3) is 0.917. The first-order valence-corrected chi connectivity index (χ1v) is 17.6. The van der Waals surface area contributed by atoms with Gasteiger partial charge in [-0.05, 0) is 38.5 Å². The van der Waals surface area contributed by atoms with Crippen molar-refractivity contribution < 1.29 is 9.53 Å². The zero-order valence-corrected chi connectivity index (χ0v) is 26.4. The predicted octanol–water partition coefficient (Wildman–Crippen LogP) is 12.8. The van der Waals surface area contributed by atoms with Gasteiger partial charge in [-0.3, -0.25) is 4.79 Å². The smallest absolute Gasteiger partial charge is 0.305 e. The molecule has 0 amide bonds. The van der Waals surface area contributed by atoms with E-state index in [0.29, 0.717) is 13.0 Å². The van der Waals surface area contributed by atoms with Crippen molar-refractivity contribution in [3.05, 3.63) is 12.2 Å². The SMILES string of the molecule is CCCCCCC=CCCCCCCCCCCCC(=O)OCCCCCCCCCCCCCCCC. The minimum absolute atomic E-state index is 0.0229. The molecule has 0 atom stereocenters. The minimum atomic E-state index is 0.0229. The number of rotatable bonds is 32. The second-order valence-corrected chi connectivity index (χ2v) is 11.9. The average molecular weight is 535 g/mol. The van der Waals surface area contributed by atoms with Crippen molar-refractivity contribution in [3.63, 3.8) is 0 Å². The van der Waals surface area contributed by atoms with Gasteiger partial charge in [0.25, 0.3) is 0 Å². The van der Waals surface area contributed by atoms with Crippen LogP contribution in [-0.4, -0.2) is 12.6 Å². The van der Waals surface area contributed by atoms with Gasteiger partial charge in [0, 0.05) is 6.42 Å². The molecule has 226 valence electrons. The van der Waals surface area contributed by atoms with Crippen molar-refractivity contribution in [1.29, 1.82) is 0 Å². The number of allylic oxidation sites excluding steroid dienone is 2. The highest BCUT2D eigenvalue weighted by Crippen LogP contribution is 2.14. The van der Waals surface area contributed by atoms with Crippen LogP contribution in [0.2, 0.25) is 0 Å². The lowest BCUT2D eigenvalue weighted by Gasteiger charge is -2.06. The Kier molecular flexibility index (Phi) is 33.5. The maximum absolute atomic E-state index is 11.9. The van der Waals surface area contributed by atoms with Crippen LogP contribution in [0, 0.1) is 0 Å². The summed E-state index contributed by atoms with van der Waals surface area (Å²) < 4.78 is 5.43. The van der Waals surface area contributed by atoms with E-state index < -0.39 is 0 Å². The number of unbranched alkanes of at least 4 members (excludes halogenated alkanes) is 26. The van der Waals surface area contributed by atoms with Gasteiger partial charge in [0.15, 0.2) is 0 Å². The van der Waals surface area contributed by atoms with E-state index in [1.165, 1.54) is 173 Å². The van der Waals surface area contributed by atoms with Crippen molar-refractivity contribution in [2.45, 2.75) is 206 Å². The molecule has 0 saturated heterocycles. The van der Waals surface area contributed by atoms with Gasteiger partial charge in [0.1, 0.15) is 0 Å². The summed E-state index contributed by atoms with van der Waals surface area (Å²) in [5, 5.41) is 0. The number of esters is 1. The molecule has 38 heavy (non-hydrogen) atoms. The van der Waals surface area contributed by atoms with Crippen molar-refractivity contribution >= 4 is 5.97 Å². The van der Waals surface area contributed by atoms with Crippen molar-refractivity contribution in [1.82, 2.24) is 0 Å². The molecular formula is C36H70O2. The summed E-state index contributed by atoms with van der Waals surface area (Å²) in [7, 11) is 0. The van der Waals surface area contributed by atoms with Gasteiger partial charge in [-0.1, -0.05) is 174 Å². The third-order valence-electron chi connectivity index (χ3n) is 7.90. The molecule has 0 rings (SSSR count). The van der Waals surface area contributed by atoms with Crippen LogP contribution < -0.4 is 0 Å². The maximum Gasteiger partial charge on any atom is 0.305 e. The molecule has 0 aromatic carbocycles.